The maximum Gasteiger partial charge on any atom is 0.122 e. The molecule has 0 spiro atoms. The van der Waals surface area contributed by atoms with Crippen molar-refractivity contribution < 1.29 is 4.74 Å². The number of methoxy groups -OCH3 is 1. The molecule has 2 aromatic rings. The first-order valence-corrected chi connectivity index (χ1v) is 7.99. The van der Waals surface area contributed by atoms with Gasteiger partial charge in [0.15, 0.2) is 0 Å². The normalized spacial score (nSPS) is 12.2. The van der Waals surface area contributed by atoms with Crippen LogP contribution in [0.1, 0.15) is 23.6 Å². The largest absolute Gasteiger partial charge is 0.496 e. The summed E-state index contributed by atoms with van der Waals surface area (Å²) in [7, 11) is 1.72. The minimum absolute atomic E-state index is 0.384. The zero-order valence-electron chi connectivity index (χ0n) is 12.8. The highest BCUT2D eigenvalue weighted by Gasteiger charge is 2.08. The van der Waals surface area contributed by atoms with E-state index in [1.807, 2.05) is 12.1 Å². The summed E-state index contributed by atoms with van der Waals surface area (Å²) >= 11 is 3.63. The third kappa shape index (κ3) is 4.58. The van der Waals surface area contributed by atoms with E-state index in [4.69, 9.17) is 4.74 Å². The first-order chi connectivity index (χ1) is 10.1. The zero-order chi connectivity index (χ0) is 15.2. The second-order valence-electron chi connectivity index (χ2n) is 5.39. The van der Waals surface area contributed by atoms with Crippen LogP contribution in [0.5, 0.6) is 5.75 Å². The van der Waals surface area contributed by atoms with E-state index >= 15 is 0 Å². The van der Waals surface area contributed by atoms with E-state index in [1.54, 1.807) is 7.11 Å². The number of hydrogen-bond acceptors (Lipinski definition) is 2. The molecule has 0 saturated heterocycles. The molecule has 0 aliphatic carbocycles. The summed E-state index contributed by atoms with van der Waals surface area (Å²) in [6, 6.07) is 15.0. The zero-order valence-corrected chi connectivity index (χ0v) is 14.4. The Bertz CT molecular complexity index is 598. The smallest absolute Gasteiger partial charge is 0.122 e. The molecule has 2 aromatic carbocycles. The quantitative estimate of drug-likeness (QED) is 0.831. The van der Waals surface area contributed by atoms with Crippen molar-refractivity contribution in [1.29, 1.82) is 0 Å². The maximum absolute atomic E-state index is 5.41. The molecule has 0 aliphatic rings. The van der Waals surface area contributed by atoms with Gasteiger partial charge < -0.3 is 10.1 Å². The molecule has 0 aliphatic heterocycles. The van der Waals surface area contributed by atoms with Crippen LogP contribution in [0, 0.1) is 6.92 Å². The van der Waals surface area contributed by atoms with Gasteiger partial charge in [-0.2, -0.15) is 0 Å². The van der Waals surface area contributed by atoms with Gasteiger partial charge in [-0.25, -0.2) is 0 Å². The van der Waals surface area contributed by atoms with Gasteiger partial charge in [0.05, 0.1) is 7.11 Å². The Hall–Kier alpha value is -1.32. The molecule has 1 unspecified atom stereocenters. The predicted molar refractivity (Wildman–Crippen MR) is 91.9 cm³/mol. The Morgan fingerprint density at radius 1 is 1.14 bits per heavy atom. The number of ether oxygens (including phenoxy) is 1. The molecule has 0 fully saturated rings. The SMILES string of the molecule is COc1ccccc1CC(C)NCc1ccc(C)cc1Br. The van der Waals surface area contributed by atoms with Crippen molar-refractivity contribution in [2.24, 2.45) is 0 Å². The van der Waals surface area contributed by atoms with Crippen LogP contribution in [0.2, 0.25) is 0 Å². The fourth-order valence-corrected chi connectivity index (χ4v) is 2.99. The van der Waals surface area contributed by atoms with Crippen LogP contribution >= 0.6 is 15.9 Å². The summed E-state index contributed by atoms with van der Waals surface area (Å²) in [5.74, 6) is 0.961. The molecule has 3 heteroatoms. The molecular formula is C18H22BrNO. The average molecular weight is 348 g/mol. The third-order valence-electron chi connectivity index (χ3n) is 3.57. The summed E-state index contributed by atoms with van der Waals surface area (Å²) in [5, 5.41) is 3.57. The molecule has 21 heavy (non-hydrogen) atoms. The number of aryl methyl sites for hydroxylation is 1. The fourth-order valence-electron chi connectivity index (χ4n) is 2.35. The lowest BCUT2D eigenvalue weighted by Gasteiger charge is -2.16. The number of hydrogen-bond donors (Lipinski definition) is 1. The fraction of sp³-hybridized carbons (Fsp3) is 0.333. The van der Waals surface area contributed by atoms with Crippen molar-refractivity contribution in [1.82, 2.24) is 5.32 Å². The van der Waals surface area contributed by atoms with Gasteiger partial charge in [-0.05, 0) is 49.1 Å². The van der Waals surface area contributed by atoms with Crippen molar-refractivity contribution in [3.8, 4) is 5.75 Å². The third-order valence-corrected chi connectivity index (χ3v) is 4.31. The molecular weight excluding hydrogens is 326 g/mol. The summed E-state index contributed by atoms with van der Waals surface area (Å²) in [6.07, 6.45) is 0.952. The second kappa shape index (κ2) is 7.62. The molecule has 2 rings (SSSR count). The molecule has 0 heterocycles. The molecule has 0 aromatic heterocycles. The Balaban J connectivity index is 1.94. The Kier molecular flexibility index (Phi) is 5.83. The van der Waals surface area contributed by atoms with Crippen molar-refractivity contribution >= 4 is 15.9 Å². The molecule has 0 bridgehead atoms. The van der Waals surface area contributed by atoms with Gasteiger partial charge in [0.25, 0.3) is 0 Å². The van der Waals surface area contributed by atoms with E-state index in [0.29, 0.717) is 6.04 Å². The Labute approximate surface area is 135 Å². The lowest BCUT2D eigenvalue weighted by atomic mass is 10.1. The van der Waals surface area contributed by atoms with Gasteiger partial charge in [0.1, 0.15) is 5.75 Å². The van der Waals surface area contributed by atoms with Crippen LogP contribution in [0.25, 0.3) is 0 Å². The summed E-state index contributed by atoms with van der Waals surface area (Å²) in [6.45, 7) is 5.16. The number of benzene rings is 2. The van der Waals surface area contributed by atoms with E-state index in [1.165, 1.54) is 21.2 Å². The molecule has 112 valence electrons. The highest BCUT2D eigenvalue weighted by Crippen LogP contribution is 2.20. The van der Waals surface area contributed by atoms with Gasteiger partial charge >= 0.3 is 0 Å². The Morgan fingerprint density at radius 2 is 1.90 bits per heavy atom. The standard InChI is InChI=1S/C18H22BrNO/c1-13-8-9-16(17(19)10-13)12-20-14(2)11-15-6-4-5-7-18(15)21-3/h4-10,14,20H,11-12H2,1-3H3. The van der Waals surface area contributed by atoms with E-state index in [-0.39, 0.29) is 0 Å². The van der Waals surface area contributed by atoms with E-state index < -0.39 is 0 Å². The second-order valence-corrected chi connectivity index (χ2v) is 6.25. The number of para-hydroxylation sites is 1. The van der Waals surface area contributed by atoms with E-state index in [9.17, 15) is 0 Å². The summed E-state index contributed by atoms with van der Waals surface area (Å²) in [4.78, 5) is 0. The van der Waals surface area contributed by atoms with Crippen molar-refractivity contribution in [3.63, 3.8) is 0 Å². The van der Waals surface area contributed by atoms with Gasteiger partial charge in [-0.15, -0.1) is 0 Å². The Morgan fingerprint density at radius 3 is 2.62 bits per heavy atom. The van der Waals surface area contributed by atoms with Crippen LogP contribution < -0.4 is 10.1 Å². The molecule has 2 nitrogen and oxygen atoms in total. The van der Waals surface area contributed by atoms with Crippen LogP contribution in [0.3, 0.4) is 0 Å². The van der Waals surface area contributed by atoms with Crippen LogP contribution in [0.15, 0.2) is 46.9 Å². The lowest BCUT2D eigenvalue weighted by Crippen LogP contribution is -2.27. The van der Waals surface area contributed by atoms with Crippen LogP contribution in [-0.2, 0) is 13.0 Å². The summed E-state index contributed by atoms with van der Waals surface area (Å²) < 4.78 is 6.57. The van der Waals surface area contributed by atoms with E-state index in [0.717, 1.165) is 18.7 Å². The minimum atomic E-state index is 0.384. The predicted octanol–water partition coefficient (Wildman–Crippen LogP) is 4.49. The van der Waals surface area contributed by atoms with Gasteiger partial charge in [-0.1, -0.05) is 46.3 Å². The highest BCUT2D eigenvalue weighted by molar-refractivity contribution is 9.10. The molecule has 0 saturated carbocycles. The minimum Gasteiger partial charge on any atom is -0.496 e. The van der Waals surface area contributed by atoms with Crippen molar-refractivity contribution in [3.05, 3.63) is 63.6 Å². The summed E-state index contributed by atoms with van der Waals surface area (Å²) in [5.41, 5.74) is 3.79. The molecule has 1 N–H and O–H groups in total. The lowest BCUT2D eigenvalue weighted by molar-refractivity contribution is 0.406. The first-order valence-electron chi connectivity index (χ1n) is 7.20. The number of halogens is 1. The van der Waals surface area contributed by atoms with Gasteiger partial charge in [0.2, 0.25) is 0 Å². The maximum atomic E-state index is 5.41. The van der Waals surface area contributed by atoms with Gasteiger partial charge in [-0.3, -0.25) is 0 Å². The van der Waals surface area contributed by atoms with E-state index in [2.05, 4.69) is 65.4 Å². The molecule has 1 atom stereocenters. The first kappa shape index (κ1) is 16.1. The number of nitrogens with one attached hydrogen (secondary N) is 1. The van der Waals surface area contributed by atoms with Crippen LogP contribution in [0.4, 0.5) is 0 Å². The molecule has 0 radical (unpaired) electrons. The highest BCUT2D eigenvalue weighted by atomic mass is 79.9. The average Bonchev–Trinajstić information content (AvgIpc) is 2.47. The van der Waals surface area contributed by atoms with Crippen molar-refractivity contribution in [2.45, 2.75) is 32.9 Å². The number of rotatable bonds is 6. The van der Waals surface area contributed by atoms with Crippen LogP contribution in [-0.4, -0.2) is 13.2 Å². The topological polar surface area (TPSA) is 21.3 Å². The molecule has 0 amide bonds. The van der Waals surface area contributed by atoms with Crippen molar-refractivity contribution in [2.75, 3.05) is 7.11 Å². The monoisotopic (exact) mass is 347 g/mol. The van der Waals surface area contributed by atoms with Gasteiger partial charge in [0, 0.05) is 17.1 Å².